The molecule has 0 aromatic rings. The van der Waals surface area contributed by atoms with Gasteiger partial charge in [-0.15, -0.1) is 0 Å². The average Bonchev–Trinajstić information content (AvgIpc) is 2.53. The fourth-order valence-electron chi connectivity index (χ4n) is 1.02. The molecule has 0 saturated carbocycles. The van der Waals surface area contributed by atoms with Gasteiger partial charge in [0.2, 0.25) is 0 Å². The van der Waals surface area contributed by atoms with E-state index in [1.807, 2.05) is 19.9 Å². The minimum Gasteiger partial charge on any atom is -0.490 e. The third-order valence-corrected chi connectivity index (χ3v) is 2.01. The molecule has 0 aromatic heterocycles. The van der Waals surface area contributed by atoms with Crippen LogP contribution in [0.3, 0.4) is 0 Å². The van der Waals surface area contributed by atoms with Gasteiger partial charge in [-0.2, -0.15) is 0 Å². The smallest absolute Gasteiger partial charge is 0.199 e. The van der Waals surface area contributed by atoms with Crippen LogP contribution < -0.4 is 0 Å². The van der Waals surface area contributed by atoms with E-state index in [9.17, 15) is 4.79 Å². The molecule has 0 spiro atoms. The van der Waals surface area contributed by atoms with Crippen molar-refractivity contribution >= 4 is 5.78 Å². The van der Waals surface area contributed by atoms with E-state index in [0.717, 1.165) is 12.8 Å². The first-order valence-electron chi connectivity index (χ1n) is 4.13. The number of Topliss-reactive ketones (excluding diaryl/α,β-unsaturated/α-hetero) is 1. The molecule has 1 rings (SSSR count). The lowest BCUT2D eigenvalue weighted by Crippen LogP contribution is -2.12. The summed E-state index contributed by atoms with van der Waals surface area (Å²) in [5.41, 5.74) is 0. The summed E-state index contributed by atoms with van der Waals surface area (Å²) in [6, 6.07) is 0. The highest BCUT2D eigenvalue weighted by Gasteiger charge is 2.19. The third kappa shape index (κ3) is 1.82. The second-order valence-electron chi connectivity index (χ2n) is 2.88. The third-order valence-electron chi connectivity index (χ3n) is 2.01. The van der Waals surface area contributed by atoms with Crippen molar-refractivity contribution < 1.29 is 9.53 Å². The molecule has 0 aromatic carbocycles. The maximum Gasteiger partial charge on any atom is 0.199 e. The van der Waals surface area contributed by atoms with Gasteiger partial charge in [0.05, 0.1) is 6.61 Å². The maximum atomic E-state index is 11.4. The molecule has 0 aliphatic carbocycles. The van der Waals surface area contributed by atoms with E-state index >= 15 is 0 Å². The van der Waals surface area contributed by atoms with Crippen LogP contribution in [0.5, 0.6) is 0 Å². The zero-order valence-electron chi connectivity index (χ0n) is 7.09. The van der Waals surface area contributed by atoms with Crippen LogP contribution in [0.25, 0.3) is 0 Å². The first kappa shape index (κ1) is 8.31. The number of hydrogen-bond donors (Lipinski definition) is 0. The van der Waals surface area contributed by atoms with Crippen molar-refractivity contribution in [3.8, 4) is 0 Å². The first-order valence-corrected chi connectivity index (χ1v) is 4.13. The molecule has 11 heavy (non-hydrogen) atoms. The molecular weight excluding hydrogens is 140 g/mol. The largest absolute Gasteiger partial charge is 0.490 e. The Morgan fingerprint density at radius 3 is 3.00 bits per heavy atom. The highest BCUT2D eigenvalue weighted by atomic mass is 16.5. The van der Waals surface area contributed by atoms with Crippen LogP contribution in [0, 0.1) is 5.92 Å². The zero-order chi connectivity index (χ0) is 8.27. The van der Waals surface area contributed by atoms with Crippen LogP contribution in [-0.2, 0) is 9.53 Å². The Labute approximate surface area is 67.2 Å². The zero-order valence-corrected chi connectivity index (χ0v) is 7.09. The van der Waals surface area contributed by atoms with Gasteiger partial charge in [0.25, 0.3) is 0 Å². The summed E-state index contributed by atoms with van der Waals surface area (Å²) in [6.07, 6.45) is 3.66. The van der Waals surface area contributed by atoms with Gasteiger partial charge >= 0.3 is 0 Å². The SMILES string of the molecule is CCC(C)C(=O)C1=CCCO1. The van der Waals surface area contributed by atoms with E-state index < -0.39 is 0 Å². The Kier molecular flexibility index (Phi) is 2.69. The molecule has 1 atom stereocenters. The standard InChI is InChI=1S/C9H14O2/c1-3-7(2)9(10)8-5-4-6-11-8/h5,7H,3-4,6H2,1-2H3. The summed E-state index contributed by atoms with van der Waals surface area (Å²) < 4.78 is 5.15. The van der Waals surface area contributed by atoms with E-state index in [0.29, 0.717) is 12.4 Å². The molecule has 1 heterocycles. The summed E-state index contributed by atoms with van der Waals surface area (Å²) in [4.78, 5) is 11.4. The van der Waals surface area contributed by atoms with E-state index in [2.05, 4.69) is 0 Å². The fraction of sp³-hybridized carbons (Fsp3) is 0.667. The lowest BCUT2D eigenvalue weighted by Gasteiger charge is -2.07. The minimum atomic E-state index is 0.111. The van der Waals surface area contributed by atoms with Crippen LogP contribution in [0.4, 0.5) is 0 Å². The molecule has 0 radical (unpaired) electrons. The number of hydrogen-bond acceptors (Lipinski definition) is 2. The van der Waals surface area contributed by atoms with Gasteiger partial charge in [-0.3, -0.25) is 4.79 Å². The monoisotopic (exact) mass is 154 g/mol. The van der Waals surface area contributed by atoms with Crippen molar-refractivity contribution in [2.45, 2.75) is 26.7 Å². The molecule has 2 nitrogen and oxygen atoms in total. The van der Waals surface area contributed by atoms with Crippen LogP contribution >= 0.6 is 0 Å². The van der Waals surface area contributed by atoms with E-state index in [1.54, 1.807) is 0 Å². The summed E-state index contributed by atoms with van der Waals surface area (Å²) >= 11 is 0. The lowest BCUT2D eigenvalue weighted by atomic mass is 10.0. The second kappa shape index (κ2) is 3.56. The predicted octanol–water partition coefficient (Wildman–Crippen LogP) is 1.91. The molecule has 0 fully saturated rings. The molecule has 0 N–H and O–H groups in total. The van der Waals surface area contributed by atoms with Crippen molar-refractivity contribution in [1.29, 1.82) is 0 Å². The Morgan fingerprint density at radius 2 is 2.55 bits per heavy atom. The van der Waals surface area contributed by atoms with Gasteiger partial charge < -0.3 is 4.74 Å². The van der Waals surface area contributed by atoms with E-state index in [-0.39, 0.29) is 11.7 Å². The average molecular weight is 154 g/mol. The first-order chi connectivity index (χ1) is 5.25. The van der Waals surface area contributed by atoms with Crippen LogP contribution in [0.15, 0.2) is 11.8 Å². The lowest BCUT2D eigenvalue weighted by molar-refractivity contribution is -0.121. The molecule has 1 aliphatic rings. The minimum absolute atomic E-state index is 0.111. The number of ether oxygens (including phenoxy) is 1. The van der Waals surface area contributed by atoms with Gasteiger partial charge in [-0.1, -0.05) is 13.8 Å². The number of allylic oxidation sites excluding steroid dienone is 1. The molecule has 1 unspecified atom stereocenters. The summed E-state index contributed by atoms with van der Waals surface area (Å²) in [6.45, 7) is 4.63. The van der Waals surface area contributed by atoms with Gasteiger partial charge in [-0.25, -0.2) is 0 Å². The van der Waals surface area contributed by atoms with Crippen molar-refractivity contribution in [3.63, 3.8) is 0 Å². The van der Waals surface area contributed by atoms with E-state index in [4.69, 9.17) is 4.74 Å². The number of carbonyl (C=O) groups is 1. The Bertz CT molecular complexity index is 182. The summed E-state index contributed by atoms with van der Waals surface area (Å²) in [5, 5.41) is 0. The van der Waals surface area contributed by atoms with Crippen molar-refractivity contribution in [1.82, 2.24) is 0 Å². The van der Waals surface area contributed by atoms with Crippen LogP contribution in [0.1, 0.15) is 26.7 Å². The number of ketones is 1. The Hall–Kier alpha value is -0.790. The molecule has 0 amide bonds. The van der Waals surface area contributed by atoms with Gasteiger partial charge in [0.15, 0.2) is 11.5 Å². The molecule has 0 bridgehead atoms. The number of rotatable bonds is 3. The fourth-order valence-corrected chi connectivity index (χ4v) is 1.02. The predicted molar refractivity (Wildman–Crippen MR) is 43.1 cm³/mol. The molecule has 62 valence electrons. The Morgan fingerprint density at radius 1 is 1.82 bits per heavy atom. The van der Waals surface area contributed by atoms with Crippen molar-refractivity contribution in [2.75, 3.05) is 6.61 Å². The highest BCUT2D eigenvalue weighted by Crippen LogP contribution is 2.16. The second-order valence-corrected chi connectivity index (χ2v) is 2.88. The van der Waals surface area contributed by atoms with Crippen LogP contribution in [0.2, 0.25) is 0 Å². The van der Waals surface area contributed by atoms with Gasteiger partial charge in [-0.05, 0) is 12.5 Å². The highest BCUT2D eigenvalue weighted by molar-refractivity contribution is 5.95. The van der Waals surface area contributed by atoms with Crippen LogP contribution in [-0.4, -0.2) is 12.4 Å². The van der Waals surface area contributed by atoms with Gasteiger partial charge in [0, 0.05) is 12.3 Å². The van der Waals surface area contributed by atoms with Crippen molar-refractivity contribution in [3.05, 3.63) is 11.8 Å². The quantitative estimate of drug-likeness (QED) is 0.620. The molecule has 1 aliphatic heterocycles. The summed E-state index contributed by atoms with van der Waals surface area (Å²) in [7, 11) is 0. The Balaban J connectivity index is 2.53. The van der Waals surface area contributed by atoms with Gasteiger partial charge in [0.1, 0.15) is 0 Å². The molecular formula is C9H14O2. The van der Waals surface area contributed by atoms with E-state index in [1.165, 1.54) is 0 Å². The summed E-state index contributed by atoms with van der Waals surface area (Å²) in [5.74, 6) is 0.851. The molecule has 0 saturated heterocycles. The normalized spacial score (nSPS) is 18.9. The maximum absolute atomic E-state index is 11.4. The topological polar surface area (TPSA) is 26.3 Å². The molecule has 2 heteroatoms. The van der Waals surface area contributed by atoms with Crippen molar-refractivity contribution in [2.24, 2.45) is 5.92 Å². The number of carbonyl (C=O) groups excluding carboxylic acids is 1.